The predicted molar refractivity (Wildman–Crippen MR) is 120 cm³/mol. The Balaban J connectivity index is 2.20. The van der Waals surface area contributed by atoms with Crippen molar-refractivity contribution >= 4 is 27.6 Å². The number of aliphatic carboxylic acids is 1. The third-order valence-electron chi connectivity index (χ3n) is 4.84. The van der Waals surface area contributed by atoms with Crippen LogP contribution in [0, 0.1) is 5.41 Å². The summed E-state index contributed by atoms with van der Waals surface area (Å²) < 4.78 is 28.7. The normalized spacial score (nSPS) is 13.2. The molecule has 30 heavy (non-hydrogen) atoms. The first kappa shape index (κ1) is 24.4. The fourth-order valence-electron chi connectivity index (χ4n) is 3.10. The van der Waals surface area contributed by atoms with Gasteiger partial charge in [-0.2, -0.15) is 0 Å². The topological polar surface area (TPSA) is 83.5 Å². The maximum atomic E-state index is 12.9. The second-order valence-electron chi connectivity index (χ2n) is 8.72. The van der Waals surface area contributed by atoms with Crippen molar-refractivity contribution in [3.63, 3.8) is 0 Å². The molecular formula is C23H30ClNO4S. The van der Waals surface area contributed by atoms with Crippen LogP contribution in [0.25, 0.3) is 0 Å². The lowest BCUT2D eigenvalue weighted by Crippen LogP contribution is -2.29. The van der Waals surface area contributed by atoms with Gasteiger partial charge in [-0.3, -0.25) is 4.79 Å². The zero-order valence-electron chi connectivity index (χ0n) is 17.7. The van der Waals surface area contributed by atoms with E-state index in [4.69, 9.17) is 16.7 Å². The van der Waals surface area contributed by atoms with Crippen LogP contribution in [0.4, 0.5) is 0 Å². The summed E-state index contributed by atoms with van der Waals surface area (Å²) in [5, 5.41) is 9.26. The maximum Gasteiger partial charge on any atom is 0.303 e. The number of rotatable bonds is 10. The summed E-state index contributed by atoms with van der Waals surface area (Å²) >= 11 is 5.88. The smallest absolute Gasteiger partial charge is 0.303 e. The highest BCUT2D eigenvalue weighted by molar-refractivity contribution is 7.89. The summed E-state index contributed by atoms with van der Waals surface area (Å²) in [5.41, 5.74) is 2.00. The Morgan fingerprint density at radius 3 is 2.20 bits per heavy atom. The molecule has 5 nitrogen and oxygen atoms in total. The van der Waals surface area contributed by atoms with Gasteiger partial charge in [-0.15, -0.1) is 0 Å². The van der Waals surface area contributed by atoms with Gasteiger partial charge >= 0.3 is 5.97 Å². The Morgan fingerprint density at radius 1 is 1.07 bits per heavy atom. The number of halogens is 1. The minimum atomic E-state index is -3.70. The SMILES string of the molecule is CC(C)(C)CCC(NS(=O)(=O)c1ccc(Cl)cc1)c1ccc(CCCC(=O)O)cc1. The number of hydrogen-bond acceptors (Lipinski definition) is 3. The minimum Gasteiger partial charge on any atom is -0.481 e. The molecule has 0 saturated heterocycles. The number of carboxylic acids is 1. The van der Waals surface area contributed by atoms with E-state index in [0.717, 1.165) is 17.5 Å². The van der Waals surface area contributed by atoms with E-state index in [2.05, 4.69) is 25.5 Å². The average molecular weight is 452 g/mol. The summed E-state index contributed by atoms with van der Waals surface area (Å²) in [6.45, 7) is 6.38. The van der Waals surface area contributed by atoms with Crippen LogP contribution in [0.1, 0.15) is 63.6 Å². The van der Waals surface area contributed by atoms with Crippen LogP contribution >= 0.6 is 11.6 Å². The lowest BCUT2D eigenvalue weighted by molar-refractivity contribution is -0.137. The summed E-state index contributed by atoms with van der Waals surface area (Å²) in [6, 6.07) is 13.5. The molecule has 0 aromatic heterocycles. The Morgan fingerprint density at radius 2 is 1.67 bits per heavy atom. The number of carbonyl (C=O) groups is 1. The lowest BCUT2D eigenvalue weighted by Gasteiger charge is -2.24. The molecule has 0 aliphatic heterocycles. The number of benzene rings is 2. The summed E-state index contributed by atoms with van der Waals surface area (Å²) in [6.07, 6.45) is 2.90. The lowest BCUT2D eigenvalue weighted by atomic mass is 9.87. The van der Waals surface area contributed by atoms with Gasteiger partial charge in [0.1, 0.15) is 0 Å². The molecule has 0 heterocycles. The third-order valence-corrected chi connectivity index (χ3v) is 6.58. The van der Waals surface area contributed by atoms with Crippen molar-refractivity contribution in [3.8, 4) is 0 Å². The fourth-order valence-corrected chi connectivity index (χ4v) is 4.49. The average Bonchev–Trinajstić information content (AvgIpc) is 2.65. The van der Waals surface area contributed by atoms with Gasteiger partial charge < -0.3 is 5.11 Å². The minimum absolute atomic E-state index is 0.0702. The van der Waals surface area contributed by atoms with E-state index in [1.54, 1.807) is 12.1 Å². The molecule has 2 aromatic rings. The van der Waals surface area contributed by atoms with Crippen LogP contribution < -0.4 is 4.72 Å². The zero-order chi connectivity index (χ0) is 22.4. The molecule has 0 bridgehead atoms. The van der Waals surface area contributed by atoms with E-state index in [-0.39, 0.29) is 22.8 Å². The van der Waals surface area contributed by atoms with Crippen LogP contribution in [0.5, 0.6) is 0 Å². The van der Waals surface area contributed by atoms with Crippen LogP contribution in [-0.2, 0) is 21.2 Å². The fraction of sp³-hybridized carbons (Fsp3) is 0.435. The van der Waals surface area contributed by atoms with Crippen molar-refractivity contribution in [3.05, 3.63) is 64.7 Å². The maximum absolute atomic E-state index is 12.9. The largest absolute Gasteiger partial charge is 0.481 e. The molecule has 0 fully saturated rings. The Labute approximate surface area is 184 Å². The van der Waals surface area contributed by atoms with Crippen LogP contribution in [0.3, 0.4) is 0 Å². The van der Waals surface area contributed by atoms with Gasteiger partial charge in [0.15, 0.2) is 0 Å². The van der Waals surface area contributed by atoms with Gasteiger partial charge in [0.25, 0.3) is 0 Å². The zero-order valence-corrected chi connectivity index (χ0v) is 19.3. The third kappa shape index (κ3) is 8.09. The molecule has 0 spiro atoms. The summed E-state index contributed by atoms with van der Waals surface area (Å²) in [7, 11) is -3.70. The number of sulfonamides is 1. The van der Waals surface area contributed by atoms with Crippen LogP contribution in [0.15, 0.2) is 53.4 Å². The summed E-state index contributed by atoms with van der Waals surface area (Å²) in [5.74, 6) is -0.800. The Bertz CT molecular complexity index is 933. The second kappa shape index (κ2) is 10.4. The molecular weight excluding hydrogens is 422 g/mol. The van der Waals surface area contributed by atoms with E-state index >= 15 is 0 Å². The van der Waals surface area contributed by atoms with Gasteiger partial charge in [-0.1, -0.05) is 56.6 Å². The van der Waals surface area contributed by atoms with Gasteiger partial charge in [-0.25, -0.2) is 13.1 Å². The molecule has 2 N–H and O–H groups in total. The standard InChI is InChI=1S/C23H30ClNO4S/c1-23(2,3)16-15-21(25-30(28,29)20-13-11-19(24)12-14-20)18-9-7-17(8-10-18)5-4-6-22(26)27/h7-14,21,25H,4-6,15-16H2,1-3H3,(H,26,27). The molecule has 0 saturated carbocycles. The quantitative estimate of drug-likeness (QED) is 0.493. The van der Waals surface area contributed by atoms with E-state index in [0.29, 0.717) is 24.3 Å². The first-order valence-corrected chi connectivity index (χ1v) is 11.9. The Hall–Kier alpha value is -1.89. The molecule has 164 valence electrons. The molecule has 1 unspecified atom stereocenters. The van der Waals surface area contributed by atoms with E-state index in [9.17, 15) is 13.2 Å². The first-order chi connectivity index (χ1) is 14.0. The molecule has 0 aliphatic rings. The number of nitrogens with one attached hydrogen (secondary N) is 1. The van der Waals surface area contributed by atoms with Gasteiger partial charge in [-0.05, 0) is 66.5 Å². The highest BCUT2D eigenvalue weighted by Crippen LogP contribution is 2.29. The number of hydrogen-bond donors (Lipinski definition) is 2. The van der Waals surface area contributed by atoms with E-state index in [1.807, 2.05) is 24.3 Å². The van der Waals surface area contributed by atoms with Gasteiger partial charge in [0, 0.05) is 17.5 Å². The molecule has 0 radical (unpaired) electrons. The number of aryl methyl sites for hydroxylation is 1. The van der Waals surface area contributed by atoms with Crippen molar-refractivity contribution < 1.29 is 18.3 Å². The number of carboxylic acid groups (broad SMARTS) is 1. The van der Waals surface area contributed by atoms with Gasteiger partial charge in [0.2, 0.25) is 10.0 Å². The van der Waals surface area contributed by atoms with Crippen molar-refractivity contribution in [2.24, 2.45) is 5.41 Å². The van der Waals surface area contributed by atoms with Crippen molar-refractivity contribution in [2.45, 2.75) is 63.8 Å². The van der Waals surface area contributed by atoms with Crippen molar-refractivity contribution in [2.75, 3.05) is 0 Å². The molecule has 2 aromatic carbocycles. The highest BCUT2D eigenvalue weighted by atomic mass is 35.5. The monoisotopic (exact) mass is 451 g/mol. The van der Waals surface area contributed by atoms with Crippen molar-refractivity contribution in [1.29, 1.82) is 0 Å². The Kier molecular flexibility index (Phi) is 8.47. The second-order valence-corrected chi connectivity index (χ2v) is 10.9. The van der Waals surface area contributed by atoms with Gasteiger partial charge in [0.05, 0.1) is 4.90 Å². The molecule has 0 amide bonds. The van der Waals surface area contributed by atoms with Crippen LogP contribution in [-0.4, -0.2) is 19.5 Å². The van der Waals surface area contributed by atoms with Crippen molar-refractivity contribution in [1.82, 2.24) is 4.72 Å². The summed E-state index contributed by atoms with van der Waals surface area (Å²) in [4.78, 5) is 10.9. The molecule has 0 aliphatic carbocycles. The van der Waals surface area contributed by atoms with Crippen LogP contribution in [0.2, 0.25) is 5.02 Å². The van der Waals surface area contributed by atoms with E-state index in [1.165, 1.54) is 12.1 Å². The first-order valence-electron chi connectivity index (χ1n) is 10.0. The molecule has 7 heteroatoms. The predicted octanol–water partition coefficient (Wildman–Crippen LogP) is 5.59. The highest BCUT2D eigenvalue weighted by Gasteiger charge is 2.23. The molecule has 2 rings (SSSR count). The molecule has 1 atom stereocenters. The van der Waals surface area contributed by atoms with E-state index < -0.39 is 16.0 Å².